The lowest BCUT2D eigenvalue weighted by Crippen LogP contribution is -2.57. The molecule has 0 radical (unpaired) electrons. The molecule has 0 aromatic heterocycles. The van der Waals surface area contributed by atoms with Gasteiger partial charge in [0.25, 0.3) is 0 Å². The molecule has 43 heavy (non-hydrogen) atoms. The molecule has 1 heterocycles. The Balaban J connectivity index is 1.78. The number of likely N-dealkylation sites (tertiary alicyclic amines) is 1. The molecule has 2 aromatic carbocycles. The highest BCUT2D eigenvalue weighted by molar-refractivity contribution is 5.95. The second-order valence-electron chi connectivity index (χ2n) is 10.6. The molecule has 7 N–H and O–H groups in total. The minimum atomic E-state index is -1.11. The van der Waals surface area contributed by atoms with Crippen LogP contribution in [0.5, 0.6) is 11.5 Å². The number of benzene rings is 2. The van der Waals surface area contributed by atoms with Crippen LogP contribution in [0.1, 0.15) is 49.7 Å². The van der Waals surface area contributed by atoms with Crippen molar-refractivity contribution in [3.8, 4) is 11.5 Å². The van der Waals surface area contributed by atoms with Gasteiger partial charge in [-0.15, -0.1) is 0 Å². The maximum absolute atomic E-state index is 13.7. The summed E-state index contributed by atoms with van der Waals surface area (Å²) in [5, 5.41) is 27.3. The van der Waals surface area contributed by atoms with E-state index in [-0.39, 0.29) is 36.8 Å². The Bertz CT molecular complexity index is 1240. The number of unbranched alkanes of at least 4 members (excludes halogenated alkanes) is 2. The third-order valence-corrected chi connectivity index (χ3v) is 7.35. The molecule has 4 amide bonds. The number of aldehydes is 1. The van der Waals surface area contributed by atoms with Gasteiger partial charge in [0.2, 0.25) is 23.6 Å². The number of nitrogens with one attached hydrogen (secondary N) is 3. The Kier molecular flexibility index (Phi) is 13.0. The second-order valence-corrected chi connectivity index (χ2v) is 10.6. The molecule has 0 unspecified atom stereocenters. The summed E-state index contributed by atoms with van der Waals surface area (Å²) in [5.74, 6) is -1.72. The number of carbonyl (C=O) groups is 5. The Labute approximate surface area is 251 Å². The van der Waals surface area contributed by atoms with Crippen LogP contribution in [-0.4, -0.2) is 82.8 Å². The van der Waals surface area contributed by atoms with Crippen LogP contribution in [0, 0.1) is 0 Å². The standard InChI is InChI=1S/C31H41N5O7/c32-15-3-1-2-6-28(40)36-17-4-5-27(36)31(43)35-26(20-22-9-13-24(39)14-10-22)30(42)34-25(29(41)33-16-18-37)19-21-7-11-23(38)12-8-21/h7-14,18,25-27,38-39H,1-6,15-17,19-20,32H2,(H,33,41)(H,34,42)(H,35,43)/t25-,26-,27+/m0/s1. The molecule has 12 heteroatoms. The fraction of sp³-hybridized carbons (Fsp3) is 0.452. The molecule has 3 rings (SSSR count). The number of phenols is 2. The summed E-state index contributed by atoms with van der Waals surface area (Å²) >= 11 is 0. The first kappa shape index (κ1) is 33.1. The first-order valence-corrected chi connectivity index (χ1v) is 14.6. The van der Waals surface area contributed by atoms with Crippen LogP contribution in [0.4, 0.5) is 0 Å². The zero-order chi connectivity index (χ0) is 31.2. The lowest BCUT2D eigenvalue weighted by atomic mass is 10.0. The number of amides is 4. The second kappa shape index (κ2) is 16.9. The maximum atomic E-state index is 13.7. The number of rotatable bonds is 16. The van der Waals surface area contributed by atoms with Crippen molar-refractivity contribution >= 4 is 29.9 Å². The van der Waals surface area contributed by atoms with Gasteiger partial charge in [0.1, 0.15) is 35.9 Å². The summed E-state index contributed by atoms with van der Waals surface area (Å²) in [6.45, 7) is 0.766. The van der Waals surface area contributed by atoms with E-state index in [2.05, 4.69) is 16.0 Å². The topological polar surface area (TPSA) is 191 Å². The van der Waals surface area contributed by atoms with Gasteiger partial charge in [-0.25, -0.2) is 0 Å². The summed E-state index contributed by atoms with van der Waals surface area (Å²) in [4.78, 5) is 65.4. The van der Waals surface area contributed by atoms with Crippen molar-refractivity contribution in [3.63, 3.8) is 0 Å². The van der Waals surface area contributed by atoms with Crippen molar-refractivity contribution in [1.29, 1.82) is 0 Å². The average molecular weight is 596 g/mol. The molecule has 232 valence electrons. The van der Waals surface area contributed by atoms with E-state index in [1.807, 2.05) is 0 Å². The van der Waals surface area contributed by atoms with E-state index in [0.29, 0.717) is 56.2 Å². The highest BCUT2D eigenvalue weighted by Gasteiger charge is 2.36. The Morgan fingerprint density at radius 1 is 0.860 bits per heavy atom. The number of hydrogen-bond acceptors (Lipinski definition) is 8. The van der Waals surface area contributed by atoms with Crippen molar-refractivity contribution in [2.75, 3.05) is 19.6 Å². The zero-order valence-corrected chi connectivity index (χ0v) is 24.2. The summed E-state index contributed by atoms with van der Waals surface area (Å²) in [7, 11) is 0. The Morgan fingerprint density at radius 2 is 1.44 bits per heavy atom. The van der Waals surface area contributed by atoms with Crippen LogP contribution in [0.3, 0.4) is 0 Å². The van der Waals surface area contributed by atoms with Crippen LogP contribution < -0.4 is 21.7 Å². The van der Waals surface area contributed by atoms with Crippen LogP contribution in [0.15, 0.2) is 48.5 Å². The fourth-order valence-electron chi connectivity index (χ4n) is 5.04. The maximum Gasteiger partial charge on any atom is 0.243 e. The number of nitrogens with zero attached hydrogens (tertiary/aromatic N) is 1. The fourth-order valence-corrected chi connectivity index (χ4v) is 5.04. The molecule has 1 aliphatic heterocycles. The highest BCUT2D eigenvalue weighted by atomic mass is 16.3. The zero-order valence-electron chi connectivity index (χ0n) is 24.2. The first-order valence-electron chi connectivity index (χ1n) is 14.6. The third kappa shape index (κ3) is 10.4. The summed E-state index contributed by atoms with van der Waals surface area (Å²) < 4.78 is 0. The lowest BCUT2D eigenvalue weighted by molar-refractivity contribution is -0.139. The van der Waals surface area contributed by atoms with Gasteiger partial charge < -0.3 is 41.6 Å². The molecule has 1 aliphatic rings. The predicted octanol–water partition coefficient (Wildman–Crippen LogP) is 0.678. The summed E-state index contributed by atoms with van der Waals surface area (Å²) in [5.41, 5.74) is 6.84. The normalized spacial score (nSPS) is 15.7. The van der Waals surface area contributed by atoms with Gasteiger partial charge in [0, 0.05) is 25.8 Å². The van der Waals surface area contributed by atoms with E-state index in [9.17, 15) is 34.2 Å². The molecule has 0 saturated carbocycles. The van der Waals surface area contributed by atoms with Crippen molar-refractivity contribution in [2.45, 2.75) is 69.5 Å². The smallest absolute Gasteiger partial charge is 0.243 e. The van der Waals surface area contributed by atoms with Gasteiger partial charge >= 0.3 is 0 Å². The van der Waals surface area contributed by atoms with Crippen LogP contribution in [0.25, 0.3) is 0 Å². The minimum Gasteiger partial charge on any atom is -0.508 e. The van der Waals surface area contributed by atoms with E-state index in [1.165, 1.54) is 24.3 Å². The number of phenolic OH excluding ortho intramolecular Hbond substituents is 2. The molecule has 12 nitrogen and oxygen atoms in total. The number of carbonyl (C=O) groups excluding carboxylic acids is 5. The van der Waals surface area contributed by atoms with E-state index in [1.54, 1.807) is 29.2 Å². The molecular formula is C31H41N5O7. The number of hydrogen-bond donors (Lipinski definition) is 6. The molecule has 2 aromatic rings. The van der Waals surface area contributed by atoms with E-state index in [4.69, 9.17) is 5.73 Å². The SMILES string of the molecule is NCCCCCC(=O)N1CCC[C@@H]1C(=O)N[C@@H](Cc1ccc(O)cc1)C(=O)N[C@@H](Cc1ccc(O)cc1)C(=O)NCC=O. The van der Waals surface area contributed by atoms with Crippen molar-refractivity contribution in [3.05, 3.63) is 59.7 Å². The van der Waals surface area contributed by atoms with E-state index >= 15 is 0 Å². The molecular weight excluding hydrogens is 554 g/mol. The largest absolute Gasteiger partial charge is 0.508 e. The van der Waals surface area contributed by atoms with Crippen LogP contribution in [0.2, 0.25) is 0 Å². The van der Waals surface area contributed by atoms with Crippen molar-refractivity contribution < 1.29 is 34.2 Å². The van der Waals surface area contributed by atoms with Gasteiger partial charge in [0.15, 0.2) is 0 Å². The van der Waals surface area contributed by atoms with Crippen LogP contribution >= 0.6 is 0 Å². The van der Waals surface area contributed by atoms with Crippen molar-refractivity contribution in [1.82, 2.24) is 20.9 Å². The molecule has 3 atom stereocenters. The van der Waals surface area contributed by atoms with Gasteiger partial charge in [0.05, 0.1) is 6.54 Å². The van der Waals surface area contributed by atoms with E-state index in [0.717, 1.165) is 12.8 Å². The molecule has 0 aliphatic carbocycles. The molecule has 0 bridgehead atoms. The van der Waals surface area contributed by atoms with Gasteiger partial charge in [-0.1, -0.05) is 30.7 Å². The molecule has 0 spiro atoms. The van der Waals surface area contributed by atoms with Gasteiger partial charge in [-0.3, -0.25) is 19.2 Å². The van der Waals surface area contributed by atoms with Gasteiger partial charge in [-0.05, 0) is 67.6 Å². The number of nitrogens with two attached hydrogens (primary N) is 1. The lowest BCUT2D eigenvalue weighted by Gasteiger charge is -2.27. The van der Waals surface area contributed by atoms with Crippen molar-refractivity contribution in [2.24, 2.45) is 5.73 Å². The van der Waals surface area contributed by atoms with E-state index < -0.39 is 35.8 Å². The first-order chi connectivity index (χ1) is 20.7. The molecule has 1 fully saturated rings. The predicted molar refractivity (Wildman–Crippen MR) is 159 cm³/mol. The summed E-state index contributed by atoms with van der Waals surface area (Å²) in [6.07, 6.45) is 4.42. The quantitative estimate of drug-likeness (QED) is 0.121. The van der Waals surface area contributed by atoms with Gasteiger partial charge in [-0.2, -0.15) is 0 Å². The monoisotopic (exact) mass is 595 g/mol. The van der Waals surface area contributed by atoms with Crippen LogP contribution in [-0.2, 0) is 36.8 Å². The highest BCUT2D eigenvalue weighted by Crippen LogP contribution is 2.20. The minimum absolute atomic E-state index is 0.0428. The number of aromatic hydroxyl groups is 2. The Hall–Kier alpha value is -4.45. The molecule has 1 saturated heterocycles. The Morgan fingerprint density at radius 3 is 2.00 bits per heavy atom. The summed E-state index contributed by atoms with van der Waals surface area (Å²) in [6, 6.07) is 9.39. The third-order valence-electron chi connectivity index (χ3n) is 7.35. The average Bonchev–Trinajstić information content (AvgIpc) is 3.50.